The average Bonchev–Trinajstić information content (AvgIpc) is 2.78. The summed E-state index contributed by atoms with van der Waals surface area (Å²) < 4.78 is 2.62. The fourth-order valence-electron chi connectivity index (χ4n) is 2.17. The van der Waals surface area contributed by atoms with Gasteiger partial charge in [-0.25, -0.2) is 14.6 Å². The minimum atomic E-state index is -1.23. The molecular weight excluding hydrogens is 264 g/mol. The molecule has 8 nitrogen and oxygen atoms in total. The van der Waals surface area contributed by atoms with Gasteiger partial charge in [-0.1, -0.05) is 13.3 Å². The van der Waals surface area contributed by atoms with Crippen molar-refractivity contribution in [1.82, 2.24) is 19.1 Å². The summed E-state index contributed by atoms with van der Waals surface area (Å²) in [6, 6.07) is 0. The molecule has 0 bridgehead atoms. The summed E-state index contributed by atoms with van der Waals surface area (Å²) >= 11 is 0. The lowest BCUT2D eigenvalue weighted by molar-refractivity contribution is 0.0679. The molecule has 2 aromatic rings. The summed E-state index contributed by atoms with van der Waals surface area (Å²) in [6.45, 7) is 4.37. The Kier molecular flexibility index (Phi) is 3.73. The Morgan fingerprint density at radius 3 is 2.55 bits per heavy atom. The van der Waals surface area contributed by atoms with Crippen LogP contribution >= 0.6 is 0 Å². The van der Waals surface area contributed by atoms with Crippen LogP contribution in [0.25, 0.3) is 11.2 Å². The van der Waals surface area contributed by atoms with Gasteiger partial charge in [0.25, 0.3) is 5.56 Å². The molecule has 2 aromatic heterocycles. The molecule has 0 aliphatic rings. The van der Waals surface area contributed by atoms with Crippen LogP contribution in [0, 0.1) is 0 Å². The van der Waals surface area contributed by atoms with Gasteiger partial charge in [0.05, 0.1) is 0 Å². The third kappa shape index (κ3) is 2.13. The molecule has 0 unspecified atom stereocenters. The number of nitrogens with zero attached hydrogens (tertiary/aromatic N) is 3. The quantitative estimate of drug-likeness (QED) is 0.824. The van der Waals surface area contributed by atoms with Gasteiger partial charge in [-0.15, -0.1) is 0 Å². The second-order valence-corrected chi connectivity index (χ2v) is 4.42. The van der Waals surface area contributed by atoms with Crippen LogP contribution in [-0.2, 0) is 13.1 Å². The van der Waals surface area contributed by atoms with Crippen LogP contribution in [0.1, 0.15) is 37.3 Å². The number of aromatic amines is 1. The van der Waals surface area contributed by atoms with Crippen molar-refractivity contribution < 1.29 is 9.90 Å². The third-order valence-electron chi connectivity index (χ3n) is 3.13. The van der Waals surface area contributed by atoms with E-state index in [2.05, 4.69) is 9.97 Å². The number of H-pyrrole nitrogens is 1. The number of carbonyl (C=O) groups is 1. The number of unbranched alkanes of at least 4 members (excludes halogenated alkanes) is 1. The fraction of sp³-hybridized carbons (Fsp3) is 0.500. The van der Waals surface area contributed by atoms with E-state index in [4.69, 9.17) is 5.11 Å². The number of rotatable bonds is 5. The maximum Gasteiger partial charge on any atom is 0.372 e. The number of nitrogens with one attached hydrogen (secondary N) is 1. The van der Waals surface area contributed by atoms with Crippen molar-refractivity contribution in [2.24, 2.45) is 0 Å². The van der Waals surface area contributed by atoms with E-state index in [0.29, 0.717) is 6.54 Å². The molecule has 0 aliphatic heterocycles. The van der Waals surface area contributed by atoms with E-state index in [0.717, 1.165) is 12.8 Å². The van der Waals surface area contributed by atoms with Crippen LogP contribution in [0.15, 0.2) is 9.59 Å². The van der Waals surface area contributed by atoms with Crippen molar-refractivity contribution >= 4 is 17.1 Å². The Balaban J connectivity index is 2.85. The maximum absolute atomic E-state index is 11.9. The topological polar surface area (TPSA) is 110 Å². The zero-order valence-electron chi connectivity index (χ0n) is 11.3. The van der Waals surface area contributed by atoms with Crippen LogP contribution < -0.4 is 11.2 Å². The number of carboxylic acids is 1. The van der Waals surface area contributed by atoms with Crippen molar-refractivity contribution in [3.8, 4) is 0 Å². The average molecular weight is 280 g/mol. The zero-order chi connectivity index (χ0) is 14.9. The number of carboxylic acid groups (broad SMARTS) is 1. The Labute approximate surface area is 113 Å². The molecule has 0 saturated carbocycles. The summed E-state index contributed by atoms with van der Waals surface area (Å²) in [6.07, 6.45) is 1.61. The Hall–Kier alpha value is -2.38. The van der Waals surface area contributed by atoms with E-state index in [1.807, 2.05) is 6.92 Å². The Morgan fingerprint density at radius 2 is 2.00 bits per heavy atom. The lowest BCUT2D eigenvalue weighted by Gasteiger charge is -2.05. The van der Waals surface area contributed by atoms with Crippen LogP contribution in [0.2, 0.25) is 0 Å². The van der Waals surface area contributed by atoms with E-state index >= 15 is 0 Å². The summed E-state index contributed by atoms with van der Waals surface area (Å²) in [4.78, 5) is 41.1. The largest absolute Gasteiger partial charge is 0.475 e. The van der Waals surface area contributed by atoms with Crippen molar-refractivity contribution in [1.29, 1.82) is 0 Å². The van der Waals surface area contributed by atoms with E-state index in [9.17, 15) is 14.4 Å². The highest BCUT2D eigenvalue weighted by Crippen LogP contribution is 2.12. The number of imidazole rings is 1. The molecule has 0 aliphatic carbocycles. The van der Waals surface area contributed by atoms with Gasteiger partial charge < -0.3 is 9.67 Å². The number of aromatic carboxylic acids is 1. The minimum Gasteiger partial charge on any atom is -0.475 e. The van der Waals surface area contributed by atoms with E-state index in [-0.39, 0.29) is 23.5 Å². The molecule has 2 N–H and O–H groups in total. The second-order valence-electron chi connectivity index (χ2n) is 4.42. The molecule has 0 saturated heterocycles. The molecule has 0 atom stereocenters. The summed E-state index contributed by atoms with van der Waals surface area (Å²) in [7, 11) is 0. The first kappa shape index (κ1) is 14.0. The highest BCUT2D eigenvalue weighted by molar-refractivity contribution is 5.88. The first-order valence-electron chi connectivity index (χ1n) is 6.47. The van der Waals surface area contributed by atoms with Crippen molar-refractivity contribution in [2.75, 3.05) is 0 Å². The number of aryl methyl sites for hydroxylation is 2. The molecule has 8 heteroatoms. The monoisotopic (exact) mass is 280 g/mol. The van der Waals surface area contributed by atoms with E-state index < -0.39 is 17.2 Å². The highest BCUT2D eigenvalue weighted by atomic mass is 16.4. The molecule has 2 rings (SSSR count). The van der Waals surface area contributed by atoms with Crippen LogP contribution in [0.4, 0.5) is 0 Å². The van der Waals surface area contributed by atoms with Crippen molar-refractivity contribution in [3.05, 3.63) is 26.7 Å². The van der Waals surface area contributed by atoms with Gasteiger partial charge in [-0.2, -0.15) is 0 Å². The predicted molar refractivity (Wildman–Crippen MR) is 72.2 cm³/mol. The lowest BCUT2D eigenvalue weighted by Crippen LogP contribution is -2.31. The summed E-state index contributed by atoms with van der Waals surface area (Å²) in [5.41, 5.74) is -0.916. The minimum absolute atomic E-state index is 0.126. The van der Waals surface area contributed by atoms with Gasteiger partial charge in [-0.3, -0.25) is 14.3 Å². The van der Waals surface area contributed by atoms with Crippen LogP contribution in [0.3, 0.4) is 0 Å². The lowest BCUT2D eigenvalue weighted by atomic mass is 10.3. The molecule has 0 spiro atoms. The molecule has 0 radical (unpaired) electrons. The van der Waals surface area contributed by atoms with Gasteiger partial charge in [0.15, 0.2) is 11.2 Å². The number of aromatic nitrogens is 4. The molecule has 0 aromatic carbocycles. The SMILES string of the molecule is CCCCn1c(=O)[nH]c(=O)c2c1nc(C(=O)O)n2CC. The summed E-state index contributed by atoms with van der Waals surface area (Å²) in [5.74, 6) is -1.46. The van der Waals surface area contributed by atoms with Gasteiger partial charge in [-0.05, 0) is 13.3 Å². The Morgan fingerprint density at radius 1 is 1.30 bits per heavy atom. The van der Waals surface area contributed by atoms with Crippen molar-refractivity contribution in [2.45, 2.75) is 39.8 Å². The van der Waals surface area contributed by atoms with Crippen LogP contribution in [0.5, 0.6) is 0 Å². The zero-order valence-corrected chi connectivity index (χ0v) is 11.3. The first-order valence-corrected chi connectivity index (χ1v) is 6.47. The van der Waals surface area contributed by atoms with Gasteiger partial charge in [0, 0.05) is 13.1 Å². The normalized spacial score (nSPS) is 11.1. The first-order chi connectivity index (χ1) is 9.51. The van der Waals surface area contributed by atoms with Crippen molar-refractivity contribution in [3.63, 3.8) is 0 Å². The standard InChI is InChI=1S/C12H16N4O4/c1-3-5-6-16-8-7(10(17)14-12(16)20)15(4-2)9(13-8)11(18)19/h3-6H2,1-2H3,(H,18,19)(H,14,17,20). The number of fused-ring (bicyclic) bond motifs is 1. The third-order valence-corrected chi connectivity index (χ3v) is 3.13. The number of hydrogen-bond acceptors (Lipinski definition) is 4. The fourth-order valence-corrected chi connectivity index (χ4v) is 2.17. The maximum atomic E-state index is 11.9. The molecular formula is C12H16N4O4. The number of hydrogen-bond donors (Lipinski definition) is 2. The highest BCUT2D eigenvalue weighted by Gasteiger charge is 2.21. The smallest absolute Gasteiger partial charge is 0.372 e. The molecule has 20 heavy (non-hydrogen) atoms. The van der Waals surface area contributed by atoms with Crippen LogP contribution in [-0.4, -0.2) is 30.2 Å². The predicted octanol–water partition coefficient (Wildman–Crippen LogP) is 0.405. The van der Waals surface area contributed by atoms with Gasteiger partial charge >= 0.3 is 11.7 Å². The van der Waals surface area contributed by atoms with E-state index in [1.165, 1.54) is 9.13 Å². The molecule has 0 fully saturated rings. The molecule has 2 heterocycles. The molecule has 0 amide bonds. The van der Waals surface area contributed by atoms with Gasteiger partial charge in [0.2, 0.25) is 5.82 Å². The van der Waals surface area contributed by atoms with E-state index in [1.54, 1.807) is 6.92 Å². The summed E-state index contributed by atoms with van der Waals surface area (Å²) in [5, 5.41) is 9.14. The second kappa shape index (κ2) is 5.32. The Bertz CT molecular complexity index is 768. The van der Waals surface area contributed by atoms with Gasteiger partial charge in [0.1, 0.15) is 0 Å². The molecule has 108 valence electrons.